The fourth-order valence-corrected chi connectivity index (χ4v) is 3.55. The average Bonchev–Trinajstić information content (AvgIpc) is 2.64. The highest BCUT2D eigenvalue weighted by atomic mass is 32.1. The lowest BCUT2D eigenvalue weighted by Crippen LogP contribution is -2.55. The fourth-order valence-electron chi connectivity index (χ4n) is 3.28. The molecule has 1 aliphatic heterocycles. The van der Waals surface area contributed by atoms with Gasteiger partial charge < -0.3 is 24.8 Å². The van der Waals surface area contributed by atoms with Gasteiger partial charge in [-0.1, -0.05) is 71.1 Å². The summed E-state index contributed by atoms with van der Waals surface area (Å²) in [5.41, 5.74) is 0. The van der Waals surface area contributed by atoms with Gasteiger partial charge in [0.05, 0.1) is 13.2 Å². The SMILES string of the molecule is CCCCCCCCCCCCCC(=S)O[C@H]1CO[C@H](CO)[C@@H](O)[C@@H]1O. The number of unbranched alkanes of at least 4 members (excludes halogenated alkanes) is 10. The third kappa shape index (κ3) is 9.60. The van der Waals surface area contributed by atoms with E-state index in [2.05, 4.69) is 6.92 Å². The van der Waals surface area contributed by atoms with Crippen molar-refractivity contribution in [3.05, 3.63) is 0 Å². The van der Waals surface area contributed by atoms with Crippen molar-refractivity contribution in [2.24, 2.45) is 0 Å². The topological polar surface area (TPSA) is 79.2 Å². The molecular formula is C20H38O5S. The van der Waals surface area contributed by atoms with E-state index in [0.29, 0.717) is 11.5 Å². The first-order valence-electron chi connectivity index (χ1n) is 10.4. The second kappa shape index (κ2) is 14.7. The van der Waals surface area contributed by atoms with E-state index in [9.17, 15) is 10.2 Å². The Bertz CT molecular complexity index is 366. The molecule has 154 valence electrons. The van der Waals surface area contributed by atoms with E-state index in [1.54, 1.807) is 0 Å². The molecule has 1 fully saturated rings. The summed E-state index contributed by atoms with van der Waals surface area (Å²) >= 11 is 5.23. The van der Waals surface area contributed by atoms with E-state index in [-0.39, 0.29) is 13.2 Å². The van der Waals surface area contributed by atoms with Gasteiger partial charge in [0, 0.05) is 6.42 Å². The van der Waals surface area contributed by atoms with E-state index >= 15 is 0 Å². The molecule has 0 spiro atoms. The zero-order chi connectivity index (χ0) is 19.2. The van der Waals surface area contributed by atoms with Gasteiger partial charge in [-0.15, -0.1) is 0 Å². The minimum Gasteiger partial charge on any atom is -0.479 e. The Hall–Kier alpha value is -0.270. The van der Waals surface area contributed by atoms with Gasteiger partial charge in [0.1, 0.15) is 18.3 Å². The van der Waals surface area contributed by atoms with Crippen molar-refractivity contribution in [3.8, 4) is 0 Å². The average molecular weight is 391 g/mol. The van der Waals surface area contributed by atoms with Crippen molar-refractivity contribution in [2.45, 2.75) is 108 Å². The molecule has 6 heteroatoms. The zero-order valence-corrected chi connectivity index (χ0v) is 17.1. The first-order valence-corrected chi connectivity index (χ1v) is 10.8. The van der Waals surface area contributed by atoms with Gasteiger partial charge in [-0.05, 0) is 18.6 Å². The van der Waals surface area contributed by atoms with Gasteiger partial charge in [0.15, 0.2) is 11.2 Å². The molecule has 1 aliphatic rings. The van der Waals surface area contributed by atoms with Crippen molar-refractivity contribution in [2.75, 3.05) is 13.2 Å². The summed E-state index contributed by atoms with van der Waals surface area (Å²) in [5, 5.41) is 29.4. The maximum atomic E-state index is 10.0. The Morgan fingerprint density at radius 2 is 1.46 bits per heavy atom. The van der Waals surface area contributed by atoms with E-state index < -0.39 is 24.4 Å². The normalized spacial score (nSPS) is 26.0. The summed E-state index contributed by atoms with van der Waals surface area (Å²) in [6, 6.07) is 0. The van der Waals surface area contributed by atoms with Crippen LogP contribution >= 0.6 is 12.2 Å². The number of hydrogen-bond acceptors (Lipinski definition) is 6. The number of rotatable bonds is 14. The van der Waals surface area contributed by atoms with Crippen molar-refractivity contribution in [1.82, 2.24) is 0 Å². The molecule has 0 aromatic rings. The molecule has 0 aromatic carbocycles. The lowest BCUT2D eigenvalue weighted by Gasteiger charge is -2.36. The molecule has 26 heavy (non-hydrogen) atoms. The Morgan fingerprint density at radius 1 is 0.923 bits per heavy atom. The Morgan fingerprint density at radius 3 is 2.00 bits per heavy atom. The molecule has 0 amide bonds. The van der Waals surface area contributed by atoms with Gasteiger partial charge in [-0.3, -0.25) is 0 Å². The quantitative estimate of drug-likeness (QED) is 0.311. The smallest absolute Gasteiger partial charge is 0.160 e. The predicted molar refractivity (Wildman–Crippen MR) is 107 cm³/mol. The lowest BCUT2D eigenvalue weighted by atomic mass is 10.0. The van der Waals surface area contributed by atoms with Crippen molar-refractivity contribution in [1.29, 1.82) is 0 Å². The molecule has 1 rings (SSSR count). The standard InChI is InChI=1S/C20H38O5S/c1-2-3-4-5-6-7-8-9-10-11-12-13-18(26)25-17-15-24-16(14-21)19(22)20(17)23/h16-17,19-23H,2-15H2,1H3/t16-,17+,19-,20-/m1/s1. The van der Waals surface area contributed by atoms with E-state index in [1.807, 2.05) is 0 Å². The van der Waals surface area contributed by atoms with Crippen molar-refractivity contribution >= 4 is 17.3 Å². The van der Waals surface area contributed by atoms with Gasteiger partial charge in [-0.2, -0.15) is 0 Å². The second-order valence-electron chi connectivity index (χ2n) is 7.35. The fraction of sp³-hybridized carbons (Fsp3) is 0.950. The van der Waals surface area contributed by atoms with Crippen LogP contribution < -0.4 is 0 Å². The van der Waals surface area contributed by atoms with Crippen LogP contribution in [0.4, 0.5) is 0 Å². The van der Waals surface area contributed by atoms with Crippen molar-refractivity contribution in [3.63, 3.8) is 0 Å². The van der Waals surface area contributed by atoms with Crippen LogP contribution in [0.15, 0.2) is 0 Å². The molecular weight excluding hydrogens is 352 g/mol. The molecule has 5 nitrogen and oxygen atoms in total. The highest BCUT2D eigenvalue weighted by Gasteiger charge is 2.39. The summed E-state index contributed by atoms with van der Waals surface area (Å²) in [6.07, 6.45) is 11.1. The number of aliphatic hydroxyl groups excluding tert-OH is 3. The summed E-state index contributed by atoms with van der Waals surface area (Å²) in [4.78, 5) is 0. The Balaban J connectivity index is 1.99. The molecule has 0 aromatic heterocycles. The van der Waals surface area contributed by atoms with Gasteiger partial charge >= 0.3 is 0 Å². The maximum absolute atomic E-state index is 10.0. The third-order valence-corrected chi connectivity index (χ3v) is 5.33. The molecule has 1 heterocycles. The van der Waals surface area contributed by atoms with Gasteiger partial charge in [0.25, 0.3) is 0 Å². The molecule has 1 saturated heterocycles. The predicted octanol–water partition coefficient (Wildman–Crippen LogP) is 3.51. The highest BCUT2D eigenvalue weighted by molar-refractivity contribution is 7.80. The molecule has 0 saturated carbocycles. The van der Waals surface area contributed by atoms with Crippen LogP contribution in [0.5, 0.6) is 0 Å². The molecule has 0 unspecified atom stereocenters. The minimum atomic E-state index is -1.15. The zero-order valence-electron chi connectivity index (χ0n) is 16.3. The van der Waals surface area contributed by atoms with Crippen LogP contribution in [-0.2, 0) is 9.47 Å². The number of thiocarbonyl (C=S) groups is 1. The molecule has 3 N–H and O–H groups in total. The van der Waals surface area contributed by atoms with Crippen molar-refractivity contribution < 1.29 is 24.8 Å². The monoisotopic (exact) mass is 390 g/mol. The van der Waals surface area contributed by atoms with Crippen LogP contribution in [0.1, 0.15) is 84.0 Å². The molecule has 4 atom stereocenters. The summed E-state index contributed by atoms with van der Waals surface area (Å²) in [5.74, 6) is 0. The van der Waals surface area contributed by atoms with Crippen LogP contribution in [0.2, 0.25) is 0 Å². The molecule has 0 aliphatic carbocycles. The summed E-state index contributed by atoms with van der Waals surface area (Å²) < 4.78 is 10.9. The first kappa shape index (κ1) is 23.8. The number of hydrogen-bond donors (Lipinski definition) is 3. The Labute approximate surface area is 164 Å². The lowest BCUT2D eigenvalue weighted by molar-refractivity contribution is -0.191. The maximum Gasteiger partial charge on any atom is 0.160 e. The van der Waals surface area contributed by atoms with Gasteiger partial charge in [-0.25, -0.2) is 0 Å². The third-order valence-electron chi connectivity index (χ3n) is 5.03. The number of aliphatic hydroxyl groups is 3. The minimum absolute atomic E-state index is 0.127. The van der Waals surface area contributed by atoms with E-state index in [4.69, 9.17) is 26.8 Å². The number of ether oxygens (including phenoxy) is 2. The van der Waals surface area contributed by atoms with Crippen LogP contribution in [-0.4, -0.2) is 58.0 Å². The highest BCUT2D eigenvalue weighted by Crippen LogP contribution is 2.19. The first-order chi connectivity index (χ1) is 12.6. The van der Waals surface area contributed by atoms with Crippen LogP contribution in [0.25, 0.3) is 0 Å². The van der Waals surface area contributed by atoms with E-state index in [1.165, 1.54) is 57.8 Å². The second-order valence-corrected chi connectivity index (χ2v) is 7.80. The van der Waals surface area contributed by atoms with Crippen LogP contribution in [0, 0.1) is 0 Å². The largest absolute Gasteiger partial charge is 0.479 e. The summed E-state index contributed by atoms with van der Waals surface area (Å²) in [7, 11) is 0. The van der Waals surface area contributed by atoms with E-state index in [0.717, 1.165) is 12.8 Å². The molecule has 0 radical (unpaired) electrons. The summed E-state index contributed by atoms with van der Waals surface area (Å²) in [6.45, 7) is 2.05. The van der Waals surface area contributed by atoms with Gasteiger partial charge in [0.2, 0.25) is 0 Å². The molecule has 0 bridgehead atoms. The van der Waals surface area contributed by atoms with Crippen LogP contribution in [0.3, 0.4) is 0 Å². The Kier molecular flexibility index (Phi) is 13.5.